The number of nitrogens with one attached hydrogen (secondary N) is 2. The molecule has 1 heterocycles. The van der Waals surface area contributed by atoms with Gasteiger partial charge in [-0.3, -0.25) is 9.59 Å². The topological polar surface area (TPSA) is 61.4 Å². The molecule has 1 aliphatic heterocycles. The number of carbonyl (C=O) groups is 2. The van der Waals surface area contributed by atoms with E-state index >= 15 is 0 Å². The molecule has 0 radical (unpaired) electrons. The van der Waals surface area contributed by atoms with Gasteiger partial charge in [-0.15, -0.1) is 0 Å². The lowest BCUT2D eigenvalue weighted by Crippen LogP contribution is -2.50. The van der Waals surface area contributed by atoms with Crippen molar-refractivity contribution in [2.75, 3.05) is 33.2 Å². The Morgan fingerprint density at radius 2 is 1.92 bits per heavy atom. The molecule has 0 aromatic rings. The summed E-state index contributed by atoms with van der Waals surface area (Å²) in [6, 6.07) is 0. The maximum atomic E-state index is 11.2. The molecule has 0 unspecified atom stereocenters. The Kier molecular flexibility index (Phi) is 3.04. The maximum Gasteiger partial charge on any atom is 0.311 e. The van der Waals surface area contributed by atoms with E-state index in [-0.39, 0.29) is 0 Å². The van der Waals surface area contributed by atoms with Gasteiger partial charge < -0.3 is 15.5 Å². The lowest BCUT2D eigenvalue weighted by Gasteiger charge is -2.26. The minimum atomic E-state index is -0.531. The third-order valence-electron chi connectivity index (χ3n) is 1.83. The highest BCUT2D eigenvalue weighted by Gasteiger charge is 2.21. The van der Waals surface area contributed by atoms with Crippen LogP contribution in [0.1, 0.15) is 0 Å². The SMILES string of the molecule is CNC(=O)C(=O)N1CCNCC1. The molecule has 12 heavy (non-hydrogen) atoms. The molecule has 1 aliphatic rings. The predicted molar refractivity (Wildman–Crippen MR) is 43.5 cm³/mol. The van der Waals surface area contributed by atoms with Gasteiger partial charge >= 0.3 is 11.8 Å². The van der Waals surface area contributed by atoms with Crippen LogP contribution in [0, 0.1) is 0 Å². The van der Waals surface area contributed by atoms with E-state index in [1.165, 1.54) is 7.05 Å². The fourth-order valence-corrected chi connectivity index (χ4v) is 1.12. The van der Waals surface area contributed by atoms with Gasteiger partial charge in [0, 0.05) is 33.2 Å². The molecule has 0 saturated carbocycles. The third kappa shape index (κ3) is 1.94. The minimum absolute atomic E-state index is 0.431. The first-order valence-electron chi connectivity index (χ1n) is 3.97. The number of hydrogen-bond donors (Lipinski definition) is 2. The number of carbonyl (C=O) groups excluding carboxylic acids is 2. The van der Waals surface area contributed by atoms with Crippen LogP contribution in [0.4, 0.5) is 0 Å². The fourth-order valence-electron chi connectivity index (χ4n) is 1.12. The van der Waals surface area contributed by atoms with E-state index in [0.717, 1.165) is 13.1 Å². The zero-order chi connectivity index (χ0) is 8.97. The second-order valence-corrected chi connectivity index (χ2v) is 2.62. The molecule has 0 aliphatic carbocycles. The van der Waals surface area contributed by atoms with Gasteiger partial charge in [0.2, 0.25) is 0 Å². The van der Waals surface area contributed by atoms with Gasteiger partial charge in [0.25, 0.3) is 0 Å². The van der Waals surface area contributed by atoms with Crippen LogP contribution >= 0.6 is 0 Å². The molecule has 0 bridgehead atoms. The zero-order valence-electron chi connectivity index (χ0n) is 7.09. The standard InChI is InChI=1S/C7H13N3O2/c1-8-6(11)7(12)10-4-2-9-3-5-10/h9H,2-5H2,1H3,(H,8,11). The minimum Gasteiger partial charge on any atom is -0.351 e. The van der Waals surface area contributed by atoms with Gasteiger partial charge in [0.15, 0.2) is 0 Å². The lowest BCUT2D eigenvalue weighted by molar-refractivity contribution is -0.145. The summed E-state index contributed by atoms with van der Waals surface area (Å²) < 4.78 is 0. The van der Waals surface area contributed by atoms with E-state index in [9.17, 15) is 9.59 Å². The van der Waals surface area contributed by atoms with Crippen molar-refractivity contribution in [1.82, 2.24) is 15.5 Å². The molecule has 1 rings (SSSR count). The summed E-state index contributed by atoms with van der Waals surface area (Å²) >= 11 is 0. The average Bonchev–Trinajstić information content (AvgIpc) is 2.17. The van der Waals surface area contributed by atoms with E-state index in [2.05, 4.69) is 10.6 Å². The lowest BCUT2D eigenvalue weighted by atomic mass is 10.3. The van der Waals surface area contributed by atoms with Crippen LogP contribution in [0.3, 0.4) is 0 Å². The molecule has 0 aromatic carbocycles. The van der Waals surface area contributed by atoms with Gasteiger partial charge in [0.1, 0.15) is 0 Å². The van der Waals surface area contributed by atoms with Crippen molar-refractivity contribution in [3.63, 3.8) is 0 Å². The van der Waals surface area contributed by atoms with Crippen LogP contribution in [0.2, 0.25) is 0 Å². The molecule has 1 fully saturated rings. The second-order valence-electron chi connectivity index (χ2n) is 2.62. The highest BCUT2D eigenvalue weighted by atomic mass is 16.2. The Balaban J connectivity index is 2.45. The summed E-state index contributed by atoms with van der Waals surface area (Å²) in [6.07, 6.45) is 0. The van der Waals surface area contributed by atoms with Crippen LogP contribution < -0.4 is 10.6 Å². The Labute approximate surface area is 71.1 Å². The highest BCUT2D eigenvalue weighted by Crippen LogP contribution is 1.92. The van der Waals surface area contributed by atoms with Crippen LogP contribution in [0.15, 0.2) is 0 Å². The Morgan fingerprint density at radius 3 is 2.42 bits per heavy atom. The largest absolute Gasteiger partial charge is 0.351 e. The number of piperazine rings is 1. The molecule has 0 atom stereocenters. The Morgan fingerprint density at radius 1 is 1.33 bits per heavy atom. The van der Waals surface area contributed by atoms with E-state index < -0.39 is 11.8 Å². The predicted octanol–water partition coefficient (Wildman–Crippen LogP) is -1.84. The molecule has 68 valence electrons. The van der Waals surface area contributed by atoms with E-state index in [1.807, 2.05) is 0 Å². The quantitative estimate of drug-likeness (QED) is 0.421. The first-order chi connectivity index (χ1) is 5.75. The van der Waals surface area contributed by atoms with Gasteiger partial charge in [-0.1, -0.05) is 0 Å². The van der Waals surface area contributed by atoms with E-state index in [0.29, 0.717) is 13.1 Å². The number of nitrogens with zero attached hydrogens (tertiary/aromatic N) is 1. The molecule has 0 aromatic heterocycles. The van der Waals surface area contributed by atoms with Crippen molar-refractivity contribution in [3.05, 3.63) is 0 Å². The number of likely N-dealkylation sites (N-methyl/N-ethyl adjacent to an activating group) is 1. The van der Waals surface area contributed by atoms with Crippen molar-refractivity contribution in [1.29, 1.82) is 0 Å². The summed E-state index contributed by atoms with van der Waals surface area (Å²) in [6.45, 7) is 2.77. The summed E-state index contributed by atoms with van der Waals surface area (Å²) in [5.74, 6) is -0.962. The Hall–Kier alpha value is -1.10. The molecule has 2 N–H and O–H groups in total. The molecular weight excluding hydrogens is 158 g/mol. The van der Waals surface area contributed by atoms with Crippen LogP contribution in [0.25, 0.3) is 0 Å². The zero-order valence-corrected chi connectivity index (χ0v) is 7.09. The maximum absolute atomic E-state index is 11.2. The summed E-state index contributed by atoms with van der Waals surface area (Å²) in [5, 5.41) is 5.41. The normalized spacial score (nSPS) is 17.2. The van der Waals surface area contributed by atoms with Crippen molar-refractivity contribution >= 4 is 11.8 Å². The van der Waals surface area contributed by atoms with Gasteiger partial charge in [0.05, 0.1) is 0 Å². The smallest absolute Gasteiger partial charge is 0.311 e. The van der Waals surface area contributed by atoms with Crippen LogP contribution in [-0.4, -0.2) is 49.9 Å². The van der Waals surface area contributed by atoms with Gasteiger partial charge in [-0.25, -0.2) is 0 Å². The number of rotatable bonds is 0. The summed E-state index contributed by atoms with van der Waals surface area (Å²) in [5.41, 5.74) is 0. The fraction of sp³-hybridized carbons (Fsp3) is 0.714. The highest BCUT2D eigenvalue weighted by molar-refractivity contribution is 6.34. The van der Waals surface area contributed by atoms with E-state index in [4.69, 9.17) is 0 Å². The Bertz CT molecular complexity index is 187. The number of hydrogen-bond acceptors (Lipinski definition) is 3. The number of amides is 2. The molecule has 0 spiro atoms. The first-order valence-corrected chi connectivity index (χ1v) is 3.97. The van der Waals surface area contributed by atoms with Crippen LogP contribution in [-0.2, 0) is 9.59 Å². The summed E-state index contributed by atoms with van der Waals surface area (Å²) in [7, 11) is 1.46. The van der Waals surface area contributed by atoms with Crippen molar-refractivity contribution in [2.45, 2.75) is 0 Å². The van der Waals surface area contributed by atoms with Gasteiger partial charge in [-0.2, -0.15) is 0 Å². The van der Waals surface area contributed by atoms with Gasteiger partial charge in [-0.05, 0) is 0 Å². The molecule has 5 heteroatoms. The van der Waals surface area contributed by atoms with E-state index in [1.54, 1.807) is 4.90 Å². The van der Waals surface area contributed by atoms with Crippen molar-refractivity contribution in [3.8, 4) is 0 Å². The molecular formula is C7H13N3O2. The van der Waals surface area contributed by atoms with Crippen molar-refractivity contribution in [2.24, 2.45) is 0 Å². The molecule has 1 saturated heterocycles. The molecule has 5 nitrogen and oxygen atoms in total. The summed E-state index contributed by atoms with van der Waals surface area (Å²) in [4.78, 5) is 23.7. The average molecular weight is 171 g/mol. The third-order valence-corrected chi connectivity index (χ3v) is 1.83. The van der Waals surface area contributed by atoms with Crippen molar-refractivity contribution < 1.29 is 9.59 Å². The monoisotopic (exact) mass is 171 g/mol. The molecule has 2 amide bonds. The second kappa shape index (κ2) is 4.06. The van der Waals surface area contributed by atoms with Crippen LogP contribution in [0.5, 0.6) is 0 Å². The first kappa shape index (κ1) is 8.99.